The number of carbonyl (C=O) groups excluding carboxylic acids is 2. The molecule has 0 radical (unpaired) electrons. The Kier molecular flexibility index (Phi) is 4.21. The average Bonchev–Trinajstić information content (AvgIpc) is 2.08. The summed E-state index contributed by atoms with van der Waals surface area (Å²) in [6.45, 7) is -4.36. The molecule has 0 spiro atoms. The summed E-state index contributed by atoms with van der Waals surface area (Å²) >= 11 is 0. The fourth-order valence-electron chi connectivity index (χ4n) is 0.558. The summed E-state index contributed by atoms with van der Waals surface area (Å²) in [6, 6.07) is 0. The first kappa shape index (κ1) is 14.6. The molecule has 16 heavy (non-hydrogen) atoms. The van der Waals surface area contributed by atoms with Crippen LogP contribution in [0.4, 0.5) is 26.3 Å². The summed E-state index contributed by atoms with van der Waals surface area (Å²) in [5, 5.41) is 0. The van der Waals surface area contributed by atoms with Crippen molar-refractivity contribution in [2.24, 2.45) is 0 Å². The molecule has 0 aromatic heterocycles. The zero-order valence-corrected chi connectivity index (χ0v) is 7.48. The second-order valence-electron chi connectivity index (χ2n) is 2.36. The Bertz CT molecular complexity index is 270. The number of alkyl halides is 6. The molecule has 0 aromatic carbocycles. The first-order valence-corrected chi connectivity index (χ1v) is 3.42. The van der Waals surface area contributed by atoms with Crippen molar-refractivity contribution in [2.75, 3.05) is 7.11 Å². The number of hydrogen-bond donors (Lipinski definition) is 0. The maximum atomic E-state index is 11.8. The molecule has 0 bridgehead atoms. The van der Waals surface area contributed by atoms with E-state index in [2.05, 4.69) is 9.39 Å². The van der Waals surface area contributed by atoms with Crippen molar-refractivity contribution in [2.45, 2.75) is 12.2 Å². The highest BCUT2D eigenvalue weighted by molar-refractivity contribution is 6.60. The van der Waals surface area contributed by atoms with Gasteiger partial charge in [0.25, 0.3) is 0 Å². The Labute approximate surface area is 84.6 Å². The van der Waals surface area contributed by atoms with E-state index < -0.39 is 31.0 Å². The molecule has 0 heterocycles. The lowest BCUT2D eigenvalue weighted by atomic mass is 9.66. The van der Waals surface area contributed by atoms with E-state index in [4.69, 9.17) is 0 Å². The van der Waals surface area contributed by atoms with Gasteiger partial charge in [-0.05, 0) is 0 Å². The molecule has 0 rings (SSSR count). The highest BCUT2D eigenvalue weighted by Gasteiger charge is 2.67. The van der Waals surface area contributed by atoms with Gasteiger partial charge in [-0.15, -0.1) is 0 Å². The van der Waals surface area contributed by atoms with Crippen LogP contribution >= 0.6 is 0 Å². The molecule has 0 atom stereocenters. The summed E-state index contributed by atoms with van der Waals surface area (Å²) in [4.78, 5) is 20.7. The lowest BCUT2D eigenvalue weighted by Crippen LogP contribution is -2.51. The van der Waals surface area contributed by atoms with Gasteiger partial charge in [-0.25, -0.2) is 9.59 Å². The highest BCUT2D eigenvalue weighted by Crippen LogP contribution is 2.32. The summed E-state index contributed by atoms with van der Waals surface area (Å²) in [7, 11) is 0.597. The third kappa shape index (κ3) is 3.99. The maximum Gasteiger partial charge on any atom is 0.600 e. The summed E-state index contributed by atoms with van der Waals surface area (Å²) in [6.07, 6.45) is -11.7. The molecule has 11 heteroatoms. The van der Waals surface area contributed by atoms with Gasteiger partial charge in [0.05, 0.1) is 7.11 Å². The fraction of sp³-hybridized carbons (Fsp3) is 0.600. The van der Waals surface area contributed by atoms with Crippen LogP contribution in [0.2, 0.25) is 0 Å². The Morgan fingerprint density at radius 1 is 0.938 bits per heavy atom. The molecule has 0 aromatic rings. The van der Waals surface area contributed by atoms with Crippen LogP contribution in [0, 0.1) is 0 Å². The number of methoxy groups -OCH3 is 1. The first-order chi connectivity index (χ1) is 7.00. The van der Waals surface area contributed by atoms with E-state index in [0.717, 1.165) is 0 Å². The minimum Gasteiger partial charge on any atom is -0.511 e. The predicted molar refractivity (Wildman–Crippen MR) is 36.0 cm³/mol. The largest absolute Gasteiger partial charge is 0.600 e. The topological polar surface area (TPSA) is 52.6 Å². The minimum atomic E-state index is -5.86. The van der Waals surface area contributed by atoms with E-state index >= 15 is 0 Å². The van der Waals surface area contributed by atoms with Gasteiger partial charge in [-0.2, -0.15) is 26.3 Å². The summed E-state index contributed by atoms with van der Waals surface area (Å²) < 4.78 is 77.3. The van der Waals surface area contributed by atoms with E-state index in [1.165, 1.54) is 0 Å². The van der Waals surface area contributed by atoms with Crippen LogP contribution in [0.25, 0.3) is 0 Å². The van der Waals surface area contributed by atoms with E-state index in [1.807, 2.05) is 0 Å². The number of hydrogen-bond acceptors (Lipinski definition) is 4. The number of carbonyl (C=O) groups is 2. The standard InChI is InChI=1S/C5H3BF6O4/c1-15-2(13)3(14)16-6(4(7,8)9)5(10,11)12/h1H3. The molecular formula is C5H3BF6O4. The third-order valence-corrected chi connectivity index (χ3v) is 1.17. The normalized spacial score (nSPS) is 11.9. The van der Waals surface area contributed by atoms with Crippen LogP contribution in [0.5, 0.6) is 0 Å². The molecule has 92 valence electrons. The molecule has 0 amide bonds. The number of esters is 1. The van der Waals surface area contributed by atoms with Crippen LogP contribution in [-0.2, 0) is 19.0 Å². The highest BCUT2D eigenvalue weighted by atomic mass is 19.4. The Morgan fingerprint density at radius 3 is 1.56 bits per heavy atom. The molecular weight excluding hydrogens is 249 g/mol. The van der Waals surface area contributed by atoms with Gasteiger partial charge >= 0.3 is 31.0 Å². The molecule has 4 nitrogen and oxygen atoms in total. The molecule has 0 N–H and O–H groups in total. The van der Waals surface area contributed by atoms with Crippen LogP contribution < -0.4 is 0 Å². The smallest absolute Gasteiger partial charge is 0.511 e. The molecule has 0 unspecified atom stereocenters. The van der Waals surface area contributed by atoms with Crippen LogP contribution in [0.1, 0.15) is 0 Å². The van der Waals surface area contributed by atoms with Gasteiger partial charge in [0.15, 0.2) is 0 Å². The minimum absolute atomic E-state index is 0.597. The predicted octanol–water partition coefficient (Wildman–Crippen LogP) is 0.897. The Hall–Kier alpha value is -1.42. The van der Waals surface area contributed by atoms with E-state index in [-0.39, 0.29) is 0 Å². The van der Waals surface area contributed by atoms with Crippen molar-refractivity contribution in [1.82, 2.24) is 0 Å². The van der Waals surface area contributed by atoms with Crippen LogP contribution in [0.15, 0.2) is 0 Å². The van der Waals surface area contributed by atoms with Crippen molar-refractivity contribution >= 4 is 18.9 Å². The van der Waals surface area contributed by atoms with Gasteiger partial charge < -0.3 is 9.39 Å². The van der Waals surface area contributed by atoms with E-state index in [0.29, 0.717) is 7.11 Å². The van der Waals surface area contributed by atoms with E-state index in [9.17, 15) is 35.9 Å². The number of ether oxygens (including phenoxy) is 1. The van der Waals surface area contributed by atoms with Crippen LogP contribution in [0.3, 0.4) is 0 Å². The number of halogens is 6. The van der Waals surface area contributed by atoms with Crippen molar-refractivity contribution in [1.29, 1.82) is 0 Å². The van der Waals surface area contributed by atoms with Crippen molar-refractivity contribution in [3.63, 3.8) is 0 Å². The quantitative estimate of drug-likeness (QED) is 0.301. The molecule has 0 aliphatic heterocycles. The zero-order valence-electron chi connectivity index (χ0n) is 7.48. The second kappa shape index (κ2) is 4.62. The van der Waals surface area contributed by atoms with Gasteiger partial charge in [-0.3, -0.25) is 0 Å². The van der Waals surface area contributed by atoms with Gasteiger partial charge in [0.1, 0.15) is 0 Å². The van der Waals surface area contributed by atoms with Crippen LogP contribution in [-0.4, -0.2) is 38.1 Å². The summed E-state index contributed by atoms with van der Waals surface area (Å²) in [5.41, 5.74) is 0. The average molecular weight is 252 g/mol. The van der Waals surface area contributed by atoms with E-state index in [1.54, 1.807) is 0 Å². The first-order valence-electron chi connectivity index (χ1n) is 3.42. The lowest BCUT2D eigenvalue weighted by Gasteiger charge is -2.18. The Morgan fingerprint density at radius 2 is 1.31 bits per heavy atom. The van der Waals surface area contributed by atoms with Crippen molar-refractivity contribution < 1.29 is 45.3 Å². The monoisotopic (exact) mass is 252 g/mol. The third-order valence-electron chi connectivity index (χ3n) is 1.17. The SMILES string of the molecule is COC(=O)C(=O)OB(C(F)(F)F)C(F)(F)F. The van der Waals surface area contributed by atoms with Crippen molar-refractivity contribution in [3.8, 4) is 0 Å². The molecule has 0 aliphatic carbocycles. The molecule has 0 saturated carbocycles. The summed E-state index contributed by atoms with van der Waals surface area (Å²) in [5.74, 6) is -4.33. The van der Waals surface area contributed by atoms with Crippen molar-refractivity contribution in [3.05, 3.63) is 0 Å². The Balaban J connectivity index is 4.85. The zero-order chi connectivity index (χ0) is 13.1. The molecule has 0 fully saturated rings. The molecule has 0 aliphatic rings. The molecule has 0 saturated heterocycles. The van der Waals surface area contributed by atoms with Gasteiger partial charge in [0, 0.05) is 0 Å². The van der Waals surface area contributed by atoms with Gasteiger partial charge in [0.2, 0.25) is 0 Å². The lowest BCUT2D eigenvalue weighted by molar-refractivity contribution is -0.167. The maximum absolute atomic E-state index is 11.8. The second-order valence-corrected chi connectivity index (χ2v) is 2.36. The number of rotatable bonds is 1. The van der Waals surface area contributed by atoms with Gasteiger partial charge in [-0.1, -0.05) is 0 Å². The fourth-order valence-corrected chi connectivity index (χ4v) is 0.558.